The summed E-state index contributed by atoms with van der Waals surface area (Å²) in [5, 5.41) is 11.1. The summed E-state index contributed by atoms with van der Waals surface area (Å²) in [5.41, 5.74) is 2.32. The number of aryl methyl sites for hydroxylation is 2. The number of carbonyl (C=O) groups is 1. The average molecular weight is 307 g/mol. The molecule has 0 radical (unpaired) electrons. The van der Waals surface area contributed by atoms with E-state index in [0.29, 0.717) is 9.09 Å². The second-order valence-electron chi connectivity index (χ2n) is 4.44. The molecule has 2 rings (SSSR count). The van der Waals surface area contributed by atoms with Crippen LogP contribution < -0.4 is 0 Å². The molecule has 104 valence electrons. The van der Waals surface area contributed by atoms with Crippen LogP contribution in [0.15, 0.2) is 33.4 Å². The molecule has 0 spiro atoms. The highest BCUT2D eigenvalue weighted by atomic mass is 32.2. The van der Waals surface area contributed by atoms with E-state index in [4.69, 9.17) is 0 Å². The molecule has 1 aromatic carbocycles. The molecule has 0 N–H and O–H groups in total. The summed E-state index contributed by atoms with van der Waals surface area (Å²) in [4.78, 5) is 23.3. The van der Waals surface area contributed by atoms with Crippen LogP contribution in [0.5, 0.6) is 0 Å². The van der Waals surface area contributed by atoms with E-state index >= 15 is 0 Å². The van der Waals surface area contributed by atoms with Crippen LogP contribution in [-0.2, 0) is 0 Å². The Morgan fingerprint density at radius 1 is 1.25 bits per heavy atom. The van der Waals surface area contributed by atoms with Gasteiger partial charge in [0.2, 0.25) is 0 Å². The molecule has 20 heavy (non-hydrogen) atoms. The second-order valence-corrected chi connectivity index (χ2v) is 6.84. The van der Waals surface area contributed by atoms with E-state index in [9.17, 15) is 14.9 Å². The van der Waals surface area contributed by atoms with Crippen molar-refractivity contribution in [3.8, 4) is 0 Å². The van der Waals surface area contributed by atoms with Crippen molar-refractivity contribution in [3.63, 3.8) is 0 Å². The first-order valence-corrected chi connectivity index (χ1v) is 7.56. The van der Waals surface area contributed by atoms with Gasteiger partial charge in [0.05, 0.1) is 9.80 Å². The Labute approximate surface area is 125 Å². The van der Waals surface area contributed by atoms with Crippen molar-refractivity contribution in [1.82, 2.24) is 0 Å². The molecule has 2 aromatic rings. The fourth-order valence-electron chi connectivity index (χ4n) is 1.62. The number of hydrogen-bond acceptors (Lipinski definition) is 5. The zero-order valence-electron chi connectivity index (χ0n) is 11.3. The zero-order chi connectivity index (χ0) is 14.9. The van der Waals surface area contributed by atoms with Crippen molar-refractivity contribution in [1.29, 1.82) is 0 Å². The Balaban J connectivity index is 2.39. The molecule has 0 saturated heterocycles. The van der Waals surface area contributed by atoms with Gasteiger partial charge in [-0.15, -0.1) is 11.3 Å². The molecule has 0 aliphatic rings. The molecule has 0 aliphatic carbocycles. The van der Waals surface area contributed by atoms with Crippen molar-refractivity contribution in [3.05, 3.63) is 50.4 Å². The van der Waals surface area contributed by atoms with E-state index in [0.717, 1.165) is 10.5 Å². The fourth-order valence-corrected chi connectivity index (χ4v) is 3.92. The maximum absolute atomic E-state index is 11.4. The van der Waals surface area contributed by atoms with Gasteiger partial charge in [-0.25, -0.2) is 0 Å². The quantitative estimate of drug-likeness (QED) is 0.469. The van der Waals surface area contributed by atoms with Crippen LogP contribution in [0.3, 0.4) is 0 Å². The van der Waals surface area contributed by atoms with E-state index < -0.39 is 4.92 Å². The van der Waals surface area contributed by atoms with Crippen LogP contribution in [0.25, 0.3) is 0 Å². The summed E-state index contributed by atoms with van der Waals surface area (Å²) in [6, 6.07) is 7.28. The summed E-state index contributed by atoms with van der Waals surface area (Å²) in [6.45, 7) is 5.44. The molecule has 0 saturated carbocycles. The molecular formula is C14H13NO3S2. The molecule has 4 nitrogen and oxygen atoms in total. The maximum atomic E-state index is 11.4. The monoisotopic (exact) mass is 307 g/mol. The Hall–Kier alpha value is -1.66. The summed E-state index contributed by atoms with van der Waals surface area (Å²) in [7, 11) is 0. The topological polar surface area (TPSA) is 60.2 Å². The molecule has 0 fully saturated rings. The van der Waals surface area contributed by atoms with Crippen LogP contribution in [0.2, 0.25) is 0 Å². The van der Waals surface area contributed by atoms with E-state index in [1.807, 2.05) is 32.0 Å². The zero-order valence-corrected chi connectivity index (χ0v) is 12.9. The van der Waals surface area contributed by atoms with Gasteiger partial charge >= 0.3 is 0 Å². The van der Waals surface area contributed by atoms with E-state index in [-0.39, 0.29) is 11.5 Å². The minimum absolute atomic E-state index is 0.00317. The number of benzene rings is 1. The lowest BCUT2D eigenvalue weighted by molar-refractivity contribution is -0.387. The maximum Gasteiger partial charge on any atom is 0.294 e. The molecule has 1 heterocycles. The summed E-state index contributed by atoms with van der Waals surface area (Å²) < 4.78 is 0.545. The number of ketones is 1. The summed E-state index contributed by atoms with van der Waals surface area (Å²) in [5.74, 6) is -0.148. The minimum atomic E-state index is -0.438. The van der Waals surface area contributed by atoms with Gasteiger partial charge in [0.15, 0.2) is 5.78 Å². The summed E-state index contributed by atoms with van der Waals surface area (Å²) in [6.07, 6.45) is 0. The van der Waals surface area contributed by atoms with Gasteiger partial charge < -0.3 is 0 Å². The highest BCUT2D eigenvalue weighted by Gasteiger charge is 2.21. The Bertz CT molecular complexity index is 692. The third-order valence-electron chi connectivity index (χ3n) is 2.91. The van der Waals surface area contributed by atoms with Gasteiger partial charge in [-0.3, -0.25) is 14.9 Å². The summed E-state index contributed by atoms with van der Waals surface area (Å²) >= 11 is 2.50. The third kappa shape index (κ3) is 3.08. The SMILES string of the molecule is CC(=O)c1cc([N+](=O)[O-])c(Sc2ccc(C)c(C)c2)s1. The molecule has 0 bridgehead atoms. The van der Waals surface area contributed by atoms with Crippen molar-refractivity contribution in [2.45, 2.75) is 29.9 Å². The number of Topliss-reactive ketones (excluding diaryl/α,β-unsaturated/α-hetero) is 1. The fraction of sp³-hybridized carbons (Fsp3) is 0.214. The first-order chi connectivity index (χ1) is 9.38. The van der Waals surface area contributed by atoms with Crippen LogP contribution in [0.4, 0.5) is 5.69 Å². The number of carbonyl (C=O) groups excluding carboxylic acids is 1. The Morgan fingerprint density at radius 3 is 2.50 bits per heavy atom. The van der Waals surface area contributed by atoms with Crippen molar-refractivity contribution in [2.75, 3.05) is 0 Å². The van der Waals surface area contributed by atoms with Crippen molar-refractivity contribution in [2.24, 2.45) is 0 Å². The molecule has 1 aromatic heterocycles. The normalized spacial score (nSPS) is 10.6. The number of rotatable bonds is 4. The standard InChI is InChI=1S/C14H13NO3S2/c1-8-4-5-11(6-9(8)2)19-14-12(15(17)18)7-13(20-14)10(3)16/h4-7H,1-3H3. The number of nitrogens with zero attached hydrogens (tertiary/aromatic N) is 1. The van der Waals surface area contributed by atoms with Crippen LogP contribution in [0.1, 0.15) is 27.7 Å². The lowest BCUT2D eigenvalue weighted by Crippen LogP contribution is -1.88. The first kappa shape index (κ1) is 14.7. The molecule has 0 amide bonds. The van der Waals surface area contributed by atoms with E-state index in [1.165, 1.54) is 41.7 Å². The van der Waals surface area contributed by atoms with E-state index in [2.05, 4.69) is 0 Å². The van der Waals surface area contributed by atoms with Crippen molar-refractivity contribution >= 4 is 34.6 Å². The molecular weight excluding hydrogens is 294 g/mol. The van der Waals surface area contributed by atoms with E-state index in [1.54, 1.807) is 0 Å². The largest absolute Gasteiger partial charge is 0.294 e. The highest BCUT2D eigenvalue weighted by molar-refractivity contribution is 8.01. The number of thiophene rings is 1. The van der Waals surface area contributed by atoms with Crippen LogP contribution in [-0.4, -0.2) is 10.7 Å². The predicted octanol–water partition coefficient (Wildman–Crippen LogP) is 4.63. The van der Waals surface area contributed by atoms with Crippen molar-refractivity contribution < 1.29 is 9.72 Å². The second kappa shape index (κ2) is 5.76. The minimum Gasteiger partial charge on any atom is -0.294 e. The van der Waals surface area contributed by atoms with Gasteiger partial charge in [0, 0.05) is 11.0 Å². The highest BCUT2D eigenvalue weighted by Crippen LogP contribution is 2.41. The van der Waals surface area contributed by atoms with Gasteiger partial charge in [0.1, 0.15) is 4.21 Å². The predicted molar refractivity (Wildman–Crippen MR) is 81.0 cm³/mol. The van der Waals surface area contributed by atoms with Gasteiger partial charge in [-0.2, -0.15) is 0 Å². The third-order valence-corrected chi connectivity index (χ3v) is 5.32. The average Bonchev–Trinajstić information content (AvgIpc) is 2.78. The van der Waals surface area contributed by atoms with Gasteiger partial charge in [-0.1, -0.05) is 17.8 Å². The lowest BCUT2D eigenvalue weighted by atomic mass is 10.1. The van der Waals surface area contributed by atoms with Crippen LogP contribution in [0, 0.1) is 24.0 Å². The lowest BCUT2D eigenvalue weighted by Gasteiger charge is -2.03. The Morgan fingerprint density at radius 2 is 1.95 bits per heavy atom. The molecule has 0 atom stereocenters. The molecule has 0 aliphatic heterocycles. The van der Waals surface area contributed by atoms with Gasteiger partial charge in [-0.05, 0) is 44.0 Å². The van der Waals surface area contributed by atoms with Crippen LogP contribution >= 0.6 is 23.1 Å². The Kier molecular flexibility index (Phi) is 4.25. The smallest absolute Gasteiger partial charge is 0.294 e. The first-order valence-electron chi connectivity index (χ1n) is 5.92. The molecule has 0 unspecified atom stereocenters. The number of hydrogen-bond donors (Lipinski definition) is 0. The number of nitro groups is 1. The molecule has 6 heteroatoms. The van der Waals surface area contributed by atoms with Gasteiger partial charge in [0.25, 0.3) is 5.69 Å².